The predicted octanol–water partition coefficient (Wildman–Crippen LogP) is 1.41. The summed E-state index contributed by atoms with van der Waals surface area (Å²) in [5, 5.41) is 10.8. The average molecular weight is 419 g/mol. The van der Waals surface area contributed by atoms with Crippen molar-refractivity contribution in [1.82, 2.24) is 19.5 Å². The number of aliphatic hydroxyl groups is 1. The number of hydrogen-bond acceptors (Lipinski definition) is 10. The van der Waals surface area contributed by atoms with Crippen LogP contribution >= 0.6 is 7.82 Å². The minimum absolute atomic E-state index is 0.0476. The van der Waals surface area contributed by atoms with Gasteiger partial charge in [0, 0.05) is 0 Å². The van der Waals surface area contributed by atoms with E-state index in [4.69, 9.17) is 24.0 Å². The van der Waals surface area contributed by atoms with Crippen LogP contribution in [0.5, 0.6) is 0 Å². The molecule has 3 N–H and O–H groups in total. The molecule has 0 amide bonds. The maximum absolute atomic E-state index is 12.9. The first-order valence-corrected chi connectivity index (χ1v) is 10.4. The van der Waals surface area contributed by atoms with Gasteiger partial charge in [-0.05, 0) is 5.56 Å². The summed E-state index contributed by atoms with van der Waals surface area (Å²) in [7, 11) is -3.86. The van der Waals surface area contributed by atoms with E-state index in [0.29, 0.717) is 11.2 Å². The number of phosphoric ester groups is 1. The third-order valence-electron chi connectivity index (χ3n) is 4.85. The van der Waals surface area contributed by atoms with E-state index in [1.165, 1.54) is 17.2 Å². The first kappa shape index (κ1) is 18.6. The number of nitrogens with zero attached hydrogens (tertiary/aromatic N) is 4. The van der Waals surface area contributed by atoms with Gasteiger partial charge in [-0.1, -0.05) is 30.3 Å². The normalized spacial score (nSPS) is 31.8. The van der Waals surface area contributed by atoms with Crippen molar-refractivity contribution in [2.24, 2.45) is 0 Å². The standard InChI is InChI=1S/C17H18N5O6P/c18-15-12-16(20-8-19-15)22(9-21-12)17-13(23)14-11(27-17)7-26-29(24,28-14)25-6-10-4-2-1-3-5-10/h1-5,8-9,11,13-14,17,23H,6-7H2,(H2,18,19,20)/t11-,13-,14-,17-,29+/m1/s1. The van der Waals surface area contributed by atoms with Crippen molar-refractivity contribution in [3.8, 4) is 0 Å². The van der Waals surface area contributed by atoms with Gasteiger partial charge in [-0.15, -0.1) is 0 Å². The Labute approximate surface area is 165 Å². The molecule has 2 aliphatic rings. The highest BCUT2D eigenvalue weighted by atomic mass is 31.2. The fraction of sp³-hybridized carbons (Fsp3) is 0.353. The second-order valence-corrected chi connectivity index (χ2v) is 8.33. The van der Waals surface area contributed by atoms with Crippen LogP contribution < -0.4 is 5.73 Å². The van der Waals surface area contributed by atoms with E-state index in [9.17, 15) is 9.67 Å². The van der Waals surface area contributed by atoms with Crippen LogP contribution in [-0.2, 0) is 29.5 Å². The fourth-order valence-corrected chi connectivity index (χ4v) is 4.80. The van der Waals surface area contributed by atoms with E-state index in [-0.39, 0.29) is 19.0 Å². The third-order valence-corrected chi connectivity index (χ3v) is 6.26. The molecular weight excluding hydrogens is 401 g/mol. The molecule has 4 heterocycles. The van der Waals surface area contributed by atoms with E-state index >= 15 is 0 Å². The van der Waals surface area contributed by atoms with Crippen molar-refractivity contribution in [2.75, 3.05) is 12.3 Å². The molecule has 5 atom stereocenters. The van der Waals surface area contributed by atoms with Crippen molar-refractivity contribution in [1.29, 1.82) is 0 Å². The van der Waals surface area contributed by atoms with Crippen molar-refractivity contribution in [3.63, 3.8) is 0 Å². The zero-order valence-corrected chi connectivity index (χ0v) is 16.0. The molecule has 5 rings (SSSR count). The number of phosphoric acid groups is 1. The van der Waals surface area contributed by atoms with Crippen LogP contribution in [0.1, 0.15) is 11.8 Å². The molecule has 2 saturated heterocycles. The Morgan fingerprint density at radius 1 is 1.28 bits per heavy atom. The summed E-state index contributed by atoms with van der Waals surface area (Å²) in [4.78, 5) is 12.2. The molecule has 2 fully saturated rings. The number of rotatable bonds is 4. The summed E-state index contributed by atoms with van der Waals surface area (Å²) >= 11 is 0. The number of fused-ring (bicyclic) bond motifs is 2. The predicted molar refractivity (Wildman–Crippen MR) is 99.3 cm³/mol. The molecule has 11 nitrogen and oxygen atoms in total. The van der Waals surface area contributed by atoms with Crippen LogP contribution in [0.15, 0.2) is 43.0 Å². The second-order valence-electron chi connectivity index (χ2n) is 6.71. The van der Waals surface area contributed by atoms with Gasteiger partial charge >= 0.3 is 7.82 Å². The summed E-state index contributed by atoms with van der Waals surface area (Å²) in [6, 6.07) is 9.23. The number of benzene rings is 1. The Balaban J connectivity index is 1.34. The molecule has 0 saturated carbocycles. The van der Waals surface area contributed by atoms with E-state index in [1.54, 1.807) is 0 Å². The van der Waals surface area contributed by atoms with Crippen LogP contribution in [-0.4, -0.2) is 49.5 Å². The van der Waals surface area contributed by atoms with Gasteiger partial charge < -0.3 is 15.6 Å². The minimum Gasteiger partial charge on any atom is -0.386 e. The molecule has 1 aromatic carbocycles. The number of anilines is 1. The highest BCUT2D eigenvalue weighted by Gasteiger charge is 2.53. The molecular formula is C17H18N5O6P. The Morgan fingerprint density at radius 2 is 2.10 bits per heavy atom. The lowest BCUT2D eigenvalue weighted by Gasteiger charge is -2.30. The number of nitrogens with two attached hydrogens (primary N) is 1. The van der Waals surface area contributed by atoms with Crippen molar-refractivity contribution in [2.45, 2.75) is 31.1 Å². The summed E-state index contributed by atoms with van der Waals surface area (Å²) in [5.74, 6) is 0.219. The highest BCUT2D eigenvalue weighted by Crippen LogP contribution is 2.57. The van der Waals surface area contributed by atoms with E-state index in [1.807, 2.05) is 30.3 Å². The lowest BCUT2D eigenvalue weighted by molar-refractivity contribution is -0.0714. The maximum Gasteiger partial charge on any atom is 0.475 e. The monoisotopic (exact) mass is 419 g/mol. The van der Waals surface area contributed by atoms with Crippen LogP contribution in [0.25, 0.3) is 11.2 Å². The summed E-state index contributed by atoms with van der Waals surface area (Å²) in [5.41, 5.74) is 7.43. The first-order chi connectivity index (χ1) is 14.0. The van der Waals surface area contributed by atoms with Crippen LogP contribution in [0.4, 0.5) is 5.82 Å². The van der Waals surface area contributed by atoms with Crippen LogP contribution in [0.2, 0.25) is 0 Å². The maximum atomic E-state index is 12.9. The van der Waals surface area contributed by atoms with Gasteiger partial charge in [-0.3, -0.25) is 18.1 Å². The number of aromatic nitrogens is 4. The van der Waals surface area contributed by atoms with Gasteiger partial charge in [0.25, 0.3) is 0 Å². The Morgan fingerprint density at radius 3 is 2.93 bits per heavy atom. The SMILES string of the molecule is Nc1ncnc2c1ncn2[C@@H]1O[C@@H]2CO[P@](=O)(OCc3ccccc3)O[C@H]2[C@H]1O. The summed E-state index contributed by atoms with van der Waals surface area (Å²) < 4.78 is 36.5. The number of ether oxygens (including phenoxy) is 1. The molecule has 2 aromatic heterocycles. The molecule has 0 bridgehead atoms. The molecule has 152 valence electrons. The van der Waals surface area contributed by atoms with Gasteiger partial charge in [0.1, 0.15) is 30.2 Å². The van der Waals surface area contributed by atoms with Crippen molar-refractivity contribution >= 4 is 24.8 Å². The largest absolute Gasteiger partial charge is 0.475 e. The molecule has 0 aliphatic carbocycles. The smallest absolute Gasteiger partial charge is 0.386 e. The summed E-state index contributed by atoms with van der Waals surface area (Å²) in [6.07, 6.45) is -0.788. The third kappa shape index (κ3) is 3.31. The Hall–Kier alpha value is -2.40. The van der Waals surface area contributed by atoms with Crippen molar-refractivity contribution in [3.05, 3.63) is 48.5 Å². The van der Waals surface area contributed by atoms with Gasteiger partial charge in [-0.25, -0.2) is 19.5 Å². The fourth-order valence-electron chi connectivity index (χ4n) is 3.41. The number of nitrogen functional groups attached to an aromatic ring is 1. The van der Waals surface area contributed by atoms with E-state index in [2.05, 4.69) is 15.0 Å². The van der Waals surface area contributed by atoms with Gasteiger partial charge in [-0.2, -0.15) is 0 Å². The van der Waals surface area contributed by atoms with Gasteiger partial charge in [0.15, 0.2) is 17.7 Å². The molecule has 0 spiro atoms. The van der Waals surface area contributed by atoms with E-state index < -0.39 is 32.4 Å². The van der Waals surface area contributed by atoms with Gasteiger partial charge in [0.05, 0.1) is 19.5 Å². The first-order valence-electron chi connectivity index (χ1n) is 8.92. The molecule has 2 aliphatic heterocycles. The Kier molecular flexibility index (Phi) is 4.58. The van der Waals surface area contributed by atoms with Crippen molar-refractivity contribution < 1.29 is 28.0 Å². The second kappa shape index (κ2) is 7.13. The van der Waals surface area contributed by atoms with Gasteiger partial charge in [0.2, 0.25) is 0 Å². The highest BCUT2D eigenvalue weighted by molar-refractivity contribution is 7.48. The summed E-state index contributed by atoms with van der Waals surface area (Å²) in [6.45, 7) is 0.00624. The number of aliphatic hydroxyl groups excluding tert-OH is 1. The zero-order valence-electron chi connectivity index (χ0n) is 15.1. The molecule has 0 unspecified atom stereocenters. The molecule has 29 heavy (non-hydrogen) atoms. The quantitative estimate of drug-likeness (QED) is 0.596. The number of imidazole rings is 1. The minimum atomic E-state index is -3.86. The number of hydrogen-bond donors (Lipinski definition) is 2. The molecule has 0 radical (unpaired) electrons. The molecule has 3 aromatic rings. The molecule has 12 heteroatoms. The van der Waals surface area contributed by atoms with Crippen LogP contribution in [0, 0.1) is 0 Å². The Bertz CT molecular complexity index is 1080. The lowest BCUT2D eigenvalue weighted by Crippen LogP contribution is -2.39. The average Bonchev–Trinajstić information content (AvgIpc) is 3.30. The topological polar surface area (TPSA) is 144 Å². The zero-order chi connectivity index (χ0) is 20.0. The lowest BCUT2D eigenvalue weighted by atomic mass is 10.1. The van der Waals surface area contributed by atoms with Crippen LogP contribution in [0.3, 0.4) is 0 Å². The van der Waals surface area contributed by atoms with E-state index in [0.717, 1.165) is 5.56 Å².